The van der Waals surface area contributed by atoms with Gasteiger partial charge in [0, 0.05) is 25.7 Å². The first kappa shape index (κ1) is 21.0. The second-order valence-corrected chi connectivity index (χ2v) is 9.39. The summed E-state index contributed by atoms with van der Waals surface area (Å²) < 4.78 is 34.9. The van der Waals surface area contributed by atoms with Gasteiger partial charge in [-0.25, -0.2) is 13.4 Å². The number of benzene rings is 2. The lowest BCUT2D eigenvalue weighted by molar-refractivity contribution is 0.0730. The summed E-state index contributed by atoms with van der Waals surface area (Å²) in [6, 6.07) is 15.7. The normalized spacial score (nSPS) is 16.7. The molecule has 7 nitrogen and oxygen atoms in total. The molecule has 1 aliphatic rings. The van der Waals surface area contributed by atoms with Crippen LogP contribution in [0.2, 0.25) is 0 Å². The van der Waals surface area contributed by atoms with Gasteiger partial charge in [-0.2, -0.15) is 4.31 Å². The Hall–Kier alpha value is -2.26. The molecule has 1 fully saturated rings. The van der Waals surface area contributed by atoms with Crippen LogP contribution in [0, 0.1) is 0 Å². The topological polar surface area (TPSA) is 76.5 Å². The summed E-state index contributed by atoms with van der Waals surface area (Å²) in [5.74, 6) is 0.899. The van der Waals surface area contributed by atoms with E-state index in [9.17, 15) is 8.42 Å². The van der Waals surface area contributed by atoms with Gasteiger partial charge < -0.3 is 14.6 Å². The smallest absolute Gasteiger partial charge is 0.243 e. The zero-order chi connectivity index (χ0) is 21.1. The van der Waals surface area contributed by atoms with Crippen LogP contribution in [0.15, 0.2) is 53.4 Å². The average molecular weight is 429 g/mol. The number of hydrogen-bond donors (Lipinski definition) is 1. The first-order chi connectivity index (χ1) is 14.5. The van der Waals surface area contributed by atoms with Crippen molar-refractivity contribution in [2.45, 2.75) is 37.9 Å². The molecule has 4 rings (SSSR count). The molecule has 2 aromatic carbocycles. The van der Waals surface area contributed by atoms with Gasteiger partial charge in [-0.15, -0.1) is 0 Å². The van der Waals surface area contributed by atoms with Crippen LogP contribution in [0.25, 0.3) is 11.0 Å². The minimum Gasteiger partial charge on any atom is -0.379 e. The van der Waals surface area contributed by atoms with E-state index in [4.69, 9.17) is 9.72 Å². The van der Waals surface area contributed by atoms with Crippen LogP contribution in [-0.4, -0.2) is 48.6 Å². The molecule has 1 aliphatic heterocycles. The highest BCUT2D eigenvalue weighted by Gasteiger charge is 2.27. The van der Waals surface area contributed by atoms with E-state index in [1.54, 1.807) is 12.1 Å². The number of sulfonamides is 1. The van der Waals surface area contributed by atoms with Gasteiger partial charge >= 0.3 is 0 Å². The third kappa shape index (κ3) is 4.13. The van der Waals surface area contributed by atoms with Crippen LogP contribution < -0.4 is 5.32 Å². The van der Waals surface area contributed by atoms with E-state index in [1.165, 1.54) is 9.87 Å². The molecule has 3 aromatic rings. The monoisotopic (exact) mass is 428 g/mol. The average Bonchev–Trinajstić information content (AvgIpc) is 3.15. The van der Waals surface area contributed by atoms with Crippen molar-refractivity contribution in [3.63, 3.8) is 0 Å². The van der Waals surface area contributed by atoms with Crippen molar-refractivity contribution < 1.29 is 13.2 Å². The Morgan fingerprint density at radius 3 is 2.57 bits per heavy atom. The highest BCUT2D eigenvalue weighted by molar-refractivity contribution is 7.89. The highest BCUT2D eigenvalue weighted by Crippen LogP contribution is 2.24. The zero-order valence-electron chi connectivity index (χ0n) is 17.4. The molecule has 1 unspecified atom stereocenters. The molecule has 0 amide bonds. The van der Waals surface area contributed by atoms with Gasteiger partial charge in [0.25, 0.3) is 0 Å². The molecule has 0 bridgehead atoms. The van der Waals surface area contributed by atoms with Crippen LogP contribution in [0.4, 0.5) is 0 Å². The number of fused-ring (bicyclic) bond motifs is 1. The Bertz CT molecular complexity index is 1110. The Morgan fingerprint density at radius 1 is 1.13 bits per heavy atom. The molecule has 2 heterocycles. The first-order valence-electron chi connectivity index (χ1n) is 10.4. The maximum absolute atomic E-state index is 13.0. The fourth-order valence-electron chi connectivity index (χ4n) is 3.85. The van der Waals surface area contributed by atoms with E-state index in [0.29, 0.717) is 38.4 Å². The van der Waals surface area contributed by atoms with Gasteiger partial charge in [0.05, 0.1) is 35.7 Å². The largest absolute Gasteiger partial charge is 0.379 e. The van der Waals surface area contributed by atoms with Crippen molar-refractivity contribution in [3.05, 3.63) is 59.9 Å². The number of morpholine rings is 1. The summed E-state index contributed by atoms with van der Waals surface area (Å²) in [6.07, 6.45) is 0. The fraction of sp³-hybridized carbons (Fsp3) is 0.409. The van der Waals surface area contributed by atoms with Crippen molar-refractivity contribution in [3.8, 4) is 0 Å². The van der Waals surface area contributed by atoms with Gasteiger partial charge in [-0.1, -0.05) is 30.3 Å². The summed E-state index contributed by atoms with van der Waals surface area (Å²) in [5, 5.41) is 3.52. The van der Waals surface area contributed by atoms with Crippen molar-refractivity contribution in [1.29, 1.82) is 0 Å². The highest BCUT2D eigenvalue weighted by atomic mass is 32.2. The molecule has 1 aromatic heterocycles. The predicted octanol–water partition coefficient (Wildman–Crippen LogP) is 2.93. The van der Waals surface area contributed by atoms with Crippen LogP contribution in [0.1, 0.15) is 31.3 Å². The van der Waals surface area contributed by atoms with Gasteiger partial charge in [0.2, 0.25) is 10.0 Å². The minimum atomic E-state index is -3.54. The molecule has 0 radical (unpaired) electrons. The molecule has 0 aliphatic carbocycles. The maximum Gasteiger partial charge on any atom is 0.243 e. The lowest BCUT2D eigenvalue weighted by Crippen LogP contribution is -2.40. The third-order valence-corrected chi connectivity index (χ3v) is 7.48. The molecule has 0 saturated carbocycles. The van der Waals surface area contributed by atoms with Crippen molar-refractivity contribution in [2.75, 3.05) is 26.3 Å². The number of hydrogen-bond acceptors (Lipinski definition) is 5. The lowest BCUT2D eigenvalue weighted by Gasteiger charge is -2.26. The fourth-order valence-corrected chi connectivity index (χ4v) is 5.28. The Labute approximate surface area is 177 Å². The number of imidazole rings is 1. The van der Waals surface area contributed by atoms with Gasteiger partial charge in [0.15, 0.2) is 0 Å². The lowest BCUT2D eigenvalue weighted by atomic mass is 10.1. The number of ether oxygens (including phenoxy) is 1. The molecular weight excluding hydrogens is 400 g/mol. The van der Waals surface area contributed by atoms with Crippen LogP contribution in [-0.2, 0) is 27.8 Å². The predicted molar refractivity (Wildman–Crippen MR) is 117 cm³/mol. The molecule has 0 spiro atoms. The Kier molecular flexibility index (Phi) is 6.19. The van der Waals surface area contributed by atoms with Gasteiger partial charge in [-0.05, 0) is 37.6 Å². The first-order valence-corrected chi connectivity index (χ1v) is 11.8. The summed E-state index contributed by atoms with van der Waals surface area (Å²) in [4.78, 5) is 5.05. The molecule has 1 atom stereocenters. The SMILES string of the molecule is CCn1c(CNC(C)c2ccccc2)nc2cc(S(=O)(=O)N3CCOCC3)ccc21. The summed E-state index contributed by atoms with van der Waals surface area (Å²) in [5.41, 5.74) is 2.87. The standard InChI is InChI=1S/C22H28N4O3S/c1-3-26-21-10-9-19(30(27,28)25-11-13-29-14-12-25)15-20(21)24-22(26)16-23-17(2)18-7-5-4-6-8-18/h4-10,15,17,23H,3,11-14,16H2,1-2H3. The number of rotatable bonds is 7. The van der Waals surface area contributed by atoms with E-state index in [2.05, 4.69) is 35.9 Å². The van der Waals surface area contributed by atoms with E-state index in [1.807, 2.05) is 24.3 Å². The number of aromatic nitrogens is 2. The van der Waals surface area contributed by atoms with Crippen LogP contribution in [0.3, 0.4) is 0 Å². The van der Waals surface area contributed by atoms with Crippen molar-refractivity contribution in [2.24, 2.45) is 0 Å². The van der Waals surface area contributed by atoms with E-state index in [0.717, 1.165) is 17.9 Å². The summed E-state index contributed by atoms with van der Waals surface area (Å²) in [7, 11) is -3.54. The third-order valence-electron chi connectivity index (χ3n) is 5.59. The second-order valence-electron chi connectivity index (χ2n) is 7.45. The quantitative estimate of drug-likeness (QED) is 0.626. The molecule has 160 valence electrons. The van der Waals surface area contributed by atoms with E-state index >= 15 is 0 Å². The van der Waals surface area contributed by atoms with Gasteiger partial charge in [-0.3, -0.25) is 0 Å². The van der Waals surface area contributed by atoms with Crippen molar-refractivity contribution in [1.82, 2.24) is 19.2 Å². The van der Waals surface area contributed by atoms with Crippen LogP contribution in [0.5, 0.6) is 0 Å². The molecule has 8 heteroatoms. The van der Waals surface area contributed by atoms with Gasteiger partial charge in [0.1, 0.15) is 5.82 Å². The number of nitrogens with zero attached hydrogens (tertiary/aromatic N) is 3. The molecule has 1 N–H and O–H groups in total. The molecule has 30 heavy (non-hydrogen) atoms. The second kappa shape index (κ2) is 8.85. The Balaban J connectivity index is 1.59. The van der Waals surface area contributed by atoms with E-state index in [-0.39, 0.29) is 10.9 Å². The molecule has 1 saturated heterocycles. The number of nitrogens with one attached hydrogen (secondary N) is 1. The van der Waals surface area contributed by atoms with Crippen molar-refractivity contribution >= 4 is 21.1 Å². The zero-order valence-corrected chi connectivity index (χ0v) is 18.2. The Morgan fingerprint density at radius 2 is 1.87 bits per heavy atom. The summed E-state index contributed by atoms with van der Waals surface area (Å²) >= 11 is 0. The molecular formula is C22H28N4O3S. The van der Waals surface area contributed by atoms with E-state index < -0.39 is 10.0 Å². The van der Waals surface area contributed by atoms with Crippen LogP contribution >= 0.6 is 0 Å². The number of aryl methyl sites for hydroxylation is 1. The summed E-state index contributed by atoms with van der Waals surface area (Å²) in [6.45, 7) is 7.20. The minimum absolute atomic E-state index is 0.188. The maximum atomic E-state index is 13.0.